The predicted octanol–water partition coefficient (Wildman–Crippen LogP) is -1.26. The third kappa shape index (κ3) is 2.04. The number of carbonyl (C=O) groups excluding carboxylic acids is 1. The Balaban J connectivity index is 3.64. The first kappa shape index (κ1) is 7.59. The van der Waals surface area contributed by atoms with Crippen molar-refractivity contribution in [3.63, 3.8) is 0 Å². The van der Waals surface area contributed by atoms with Crippen molar-refractivity contribution in [1.82, 2.24) is 0 Å². The van der Waals surface area contributed by atoms with Gasteiger partial charge in [-0.1, -0.05) is 13.8 Å². The minimum Gasteiger partial charge on any atom is -0.316 e. The van der Waals surface area contributed by atoms with Crippen molar-refractivity contribution in [1.29, 1.82) is 0 Å². The molecule has 0 spiro atoms. The highest BCUT2D eigenvalue weighted by atomic mass is 16.1. The molecule has 0 aromatic rings. The molecule has 0 radical (unpaired) electrons. The lowest BCUT2D eigenvalue weighted by molar-refractivity contribution is -0.308. The van der Waals surface area contributed by atoms with Gasteiger partial charge >= 0.3 is 5.91 Å². The van der Waals surface area contributed by atoms with Gasteiger partial charge in [-0.3, -0.25) is 5.73 Å². The number of rotatable bonds is 2. The maximum absolute atomic E-state index is 10.3. The van der Waals surface area contributed by atoms with Gasteiger partial charge in [0.05, 0.1) is 0 Å². The van der Waals surface area contributed by atoms with Crippen molar-refractivity contribution in [3.8, 4) is 0 Å². The second-order valence-corrected chi connectivity index (χ2v) is 2.24. The van der Waals surface area contributed by atoms with Crippen LogP contribution < -0.4 is 11.5 Å². The van der Waals surface area contributed by atoms with Gasteiger partial charge < -0.3 is 5.73 Å². The molecule has 0 aliphatic heterocycles. The topological polar surface area (TPSA) is 70.7 Å². The SMILES string of the molecule is CC(C)C(N)C([NH3+])=O. The van der Waals surface area contributed by atoms with Crippen LogP contribution in [0.1, 0.15) is 13.8 Å². The molecule has 0 aromatic carbocycles. The Labute approximate surface area is 49.0 Å². The summed E-state index contributed by atoms with van der Waals surface area (Å²) in [6.45, 7) is 3.79. The largest absolute Gasteiger partial charge is 0.325 e. The smallest absolute Gasteiger partial charge is 0.316 e. The van der Waals surface area contributed by atoms with Crippen LogP contribution >= 0.6 is 0 Å². The highest BCUT2D eigenvalue weighted by Crippen LogP contribution is 1.94. The Morgan fingerprint density at radius 2 is 2.00 bits per heavy atom. The van der Waals surface area contributed by atoms with Crippen LogP contribution in [0.25, 0.3) is 0 Å². The molecule has 0 saturated carbocycles. The number of carbonyl (C=O) groups is 1. The quantitative estimate of drug-likeness (QED) is 0.474. The lowest BCUT2D eigenvalue weighted by atomic mass is 10.1. The van der Waals surface area contributed by atoms with Gasteiger partial charge in [0.15, 0.2) is 0 Å². The van der Waals surface area contributed by atoms with E-state index in [0.717, 1.165) is 0 Å². The van der Waals surface area contributed by atoms with E-state index in [9.17, 15) is 4.79 Å². The molecule has 48 valence electrons. The van der Waals surface area contributed by atoms with E-state index in [2.05, 4.69) is 5.73 Å². The summed E-state index contributed by atoms with van der Waals surface area (Å²) in [6, 6.07) is -0.380. The van der Waals surface area contributed by atoms with Crippen molar-refractivity contribution < 1.29 is 10.5 Å². The van der Waals surface area contributed by atoms with Crippen molar-refractivity contribution in [3.05, 3.63) is 0 Å². The lowest BCUT2D eigenvalue weighted by Crippen LogP contribution is -2.65. The van der Waals surface area contributed by atoms with Crippen LogP contribution in [0.2, 0.25) is 0 Å². The van der Waals surface area contributed by atoms with E-state index >= 15 is 0 Å². The molecule has 0 aromatic heterocycles. The van der Waals surface area contributed by atoms with Crippen LogP contribution in [0.3, 0.4) is 0 Å². The Kier molecular flexibility index (Phi) is 2.65. The van der Waals surface area contributed by atoms with Gasteiger partial charge in [-0.2, -0.15) is 0 Å². The molecule has 0 aliphatic carbocycles. The third-order valence-electron chi connectivity index (χ3n) is 1.09. The number of quaternary nitrogens is 1. The molecule has 0 bridgehead atoms. The monoisotopic (exact) mass is 117 g/mol. The van der Waals surface area contributed by atoms with E-state index in [0.29, 0.717) is 0 Å². The zero-order chi connectivity index (χ0) is 6.73. The highest BCUT2D eigenvalue weighted by molar-refractivity contribution is 5.71. The molecule has 0 saturated heterocycles. The minimum absolute atomic E-state index is 0.181. The van der Waals surface area contributed by atoms with Gasteiger partial charge in [0.1, 0.15) is 6.04 Å². The van der Waals surface area contributed by atoms with E-state index < -0.39 is 0 Å². The molecule has 0 fully saturated rings. The zero-order valence-electron chi connectivity index (χ0n) is 5.35. The fourth-order valence-electron chi connectivity index (χ4n) is 0.372. The molecule has 5 N–H and O–H groups in total. The van der Waals surface area contributed by atoms with E-state index in [4.69, 9.17) is 5.73 Å². The molecule has 8 heavy (non-hydrogen) atoms. The zero-order valence-corrected chi connectivity index (χ0v) is 5.35. The van der Waals surface area contributed by atoms with Crippen LogP contribution in [0.15, 0.2) is 0 Å². The third-order valence-corrected chi connectivity index (χ3v) is 1.09. The molecule has 3 heteroatoms. The Hall–Kier alpha value is -0.410. The second kappa shape index (κ2) is 2.79. The van der Waals surface area contributed by atoms with Gasteiger partial charge in [0.25, 0.3) is 0 Å². The maximum atomic E-state index is 10.3. The summed E-state index contributed by atoms with van der Waals surface area (Å²) in [5.41, 5.74) is 8.54. The van der Waals surface area contributed by atoms with Crippen LogP contribution in [0, 0.1) is 5.92 Å². The second-order valence-electron chi connectivity index (χ2n) is 2.24. The molecule has 0 heterocycles. The molecule has 1 amide bonds. The van der Waals surface area contributed by atoms with Crippen LogP contribution in [-0.2, 0) is 4.79 Å². The van der Waals surface area contributed by atoms with Gasteiger partial charge in [0, 0.05) is 0 Å². The summed E-state index contributed by atoms with van der Waals surface area (Å²) in [4.78, 5) is 10.3. The highest BCUT2D eigenvalue weighted by Gasteiger charge is 2.15. The molecule has 3 nitrogen and oxygen atoms in total. The summed E-state index contributed by atoms with van der Waals surface area (Å²) in [7, 11) is 0. The first-order chi connectivity index (χ1) is 3.55. The van der Waals surface area contributed by atoms with Crippen molar-refractivity contribution in [2.75, 3.05) is 0 Å². The fourth-order valence-corrected chi connectivity index (χ4v) is 0.372. The minimum atomic E-state index is -0.380. The maximum Gasteiger partial charge on any atom is 0.325 e. The number of hydrogen-bond donors (Lipinski definition) is 2. The first-order valence-electron chi connectivity index (χ1n) is 2.67. The predicted molar refractivity (Wildman–Crippen MR) is 30.7 cm³/mol. The summed E-state index contributed by atoms with van der Waals surface area (Å²) >= 11 is 0. The summed E-state index contributed by atoms with van der Waals surface area (Å²) in [6.07, 6.45) is 0. The molecular formula is C5H13N2O+. The van der Waals surface area contributed by atoms with Crippen LogP contribution in [0.5, 0.6) is 0 Å². The molecule has 1 unspecified atom stereocenters. The molecular weight excluding hydrogens is 104 g/mol. The standard InChI is InChI=1S/C5H12N2O/c1-3(2)4(6)5(7)8/h3-4H,6H2,1-2H3,(H2,7,8)/p+1. The Morgan fingerprint density at radius 3 is 2.00 bits per heavy atom. The molecule has 0 rings (SSSR count). The summed E-state index contributed by atoms with van der Waals surface area (Å²) in [5, 5.41) is 0. The Morgan fingerprint density at radius 1 is 1.62 bits per heavy atom. The molecule has 0 aliphatic rings. The van der Waals surface area contributed by atoms with E-state index in [-0.39, 0.29) is 17.9 Å². The van der Waals surface area contributed by atoms with E-state index in [1.54, 1.807) is 0 Å². The fraction of sp³-hybridized carbons (Fsp3) is 0.800. The average molecular weight is 117 g/mol. The normalized spacial score (nSPS) is 14.1. The van der Waals surface area contributed by atoms with E-state index in [1.807, 2.05) is 13.8 Å². The number of amides is 1. The number of nitrogens with two attached hydrogens (primary N) is 1. The van der Waals surface area contributed by atoms with Crippen LogP contribution in [-0.4, -0.2) is 11.9 Å². The first-order valence-corrected chi connectivity index (χ1v) is 2.67. The number of hydrogen-bond acceptors (Lipinski definition) is 2. The Bertz CT molecular complexity index is 90.4. The van der Waals surface area contributed by atoms with Gasteiger partial charge in [0.2, 0.25) is 0 Å². The van der Waals surface area contributed by atoms with Crippen molar-refractivity contribution in [2.24, 2.45) is 11.7 Å². The lowest BCUT2D eigenvalue weighted by Gasteiger charge is -2.06. The van der Waals surface area contributed by atoms with Gasteiger partial charge in [-0.05, 0) is 5.92 Å². The van der Waals surface area contributed by atoms with Crippen LogP contribution in [0.4, 0.5) is 0 Å². The van der Waals surface area contributed by atoms with Gasteiger partial charge in [-0.25, -0.2) is 4.79 Å². The van der Waals surface area contributed by atoms with E-state index in [1.165, 1.54) is 0 Å². The van der Waals surface area contributed by atoms with Crippen molar-refractivity contribution in [2.45, 2.75) is 19.9 Å². The molecule has 1 atom stereocenters. The average Bonchev–Trinajstić information content (AvgIpc) is 1.64. The summed E-state index contributed by atoms with van der Waals surface area (Å²) < 4.78 is 0. The van der Waals surface area contributed by atoms with Crippen molar-refractivity contribution >= 4 is 5.91 Å². The van der Waals surface area contributed by atoms with Gasteiger partial charge in [-0.15, -0.1) is 0 Å². The summed E-state index contributed by atoms with van der Waals surface area (Å²) in [5.74, 6) is 0.0278.